The number of rotatable bonds is 6. The van der Waals surface area contributed by atoms with Gasteiger partial charge in [0.25, 0.3) is 0 Å². The predicted molar refractivity (Wildman–Crippen MR) is 73.0 cm³/mol. The zero-order valence-corrected chi connectivity index (χ0v) is 11.1. The van der Waals surface area contributed by atoms with Crippen LogP contribution in [0.1, 0.15) is 38.2 Å². The quantitative estimate of drug-likeness (QED) is 0.770. The molecule has 0 amide bonds. The summed E-state index contributed by atoms with van der Waals surface area (Å²) >= 11 is 0. The molecule has 0 heterocycles. The van der Waals surface area contributed by atoms with E-state index >= 15 is 0 Å². The van der Waals surface area contributed by atoms with Gasteiger partial charge in [-0.25, -0.2) is 0 Å². The van der Waals surface area contributed by atoms with Crippen molar-refractivity contribution in [3.8, 4) is 11.8 Å². The van der Waals surface area contributed by atoms with E-state index in [0.29, 0.717) is 6.04 Å². The van der Waals surface area contributed by atoms with Gasteiger partial charge in [-0.05, 0) is 31.4 Å². The summed E-state index contributed by atoms with van der Waals surface area (Å²) in [5, 5.41) is 9.24. The normalized spacial score (nSPS) is 14.1. The third kappa shape index (κ3) is 2.76. The fraction of sp³-hybridized carbons (Fsp3) is 0.533. The Morgan fingerprint density at radius 3 is 2.78 bits per heavy atom. The van der Waals surface area contributed by atoms with E-state index in [4.69, 9.17) is 4.74 Å². The van der Waals surface area contributed by atoms with Gasteiger partial charge in [0.2, 0.25) is 0 Å². The van der Waals surface area contributed by atoms with Crippen molar-refractivity contribution in [2.45, 2.75) is 38.6 Å². The van der Waals surface area contributed by atoms with E-state index in [1.807, 2.05) is 18.2 Å². The number of hydrogen-bond acceptors (Lipinski definition) is 3. The summed E-state index contributed by atoms with van der Waals surface area (Å²) in [6.45, 7) is 3.23. The van der Waals surface area contributed by atoms with Crippen LogP contribution >= 0.6 is 0 Å². The largest absolute Gasteiger partial charge is 0.497 e. The monoisotopic (exact) mass is 244 g/mol. The Bertz CT molecular complexity index is 446. The van der Waals surface area contributed by atoms with Gasteiger partial charge >= 0.3 is 0 Å². The highest BCUT2D eigenvalue weighted by atomic mass is 16.5. The Labute approximate surface area is 109 Å². The van der Waals surface area contributed by atoms with E-state index in [-0.39, 0.29) is 0 Å². The Balaban J connectivity index is 2.29. The van der Waals surface area contributed by atoms with Crippen LogP contribution in [0.4, 0.5) is 5.69 Å². The zero-order chi connectivity index (χ0) is 13.0. The molecule has 1 saturated carbocycles. The molecule has 1 aliphatic carbocycles. The Morgan fingerprint density at radius 1 is 1.44 bits per heavy atom. The summed E-state index contributed by atoms with van der Waals surface area (Å²) in [5.41, 5.74) is 1.78. The molecule has 0 bridgehead atoms. The van der Waals surface area contributed by atoms with Crippen molar-refractivity contribution in [1.29, 1.82) is 5.26 Å². The number of nitriles is 1. The summed E-state index contributed by atoms with van der Waals surface area (Å²) in [7, 11) is 1.67. The van der Waals surface area contributed by atoms with Gasteiger partial charge in [-0.15, -0.1) is 0 Å². The van der Waals surface area contributed by atoms with Crippen LogP contribution in [0.15, 0.2) is 18.2 Å². The second-order valence-electron chi connectivity index (χ2n) is 4.77. The molecule has 2 rings (SSSR count). The first-order valence-corrected chi connectivity index (χ1v) is 6.65. The number of methoxy groups -OCH3 is 1. The summed E-state index contributed by atoms with van der Waals surface area (Å²) in [6, 6.07) is 8.61. The number of unbranched alkanes of at least 4 members (excludes halogenated alkanes) is 1. The molecule has 0 aromatic heterocycles. The van der Waals surface area contributed by atoms with Gasteiger partial charge < -0.3 is 9.64 Å². The summed E-state index contributed by atoms with van der Waals surface area (Å²) in [5.74, 6) is 0.825. The van der Waals surface area contributed by atoms with Crippen molar-refractivity contribution in [1.82, 2.24) is 0 Å². The smallest absolute Gasteiger partial charge is 0.121 e. The molecule has 1 aliphatic rings. The molecular weight excluding hydrogens is 224 g/mol. The van der Waals surface area contributed by atoms with Crippen LogP contribution in [0.2, 0.25) is 0 Å². The number of ether oxygens (including phenoxy) is 1. The maximum absolute atomic E-state index is 9.24. The van der Waals surface area contributed by atoms with Crippen LogP contribution in [0, 0.1) is 11.3 Å². The van der Waals surface area contributed by atoms with Gasteiger partial charge in [-0.1, -0.05) is 13.3 Å². The lowest BCUT2D eigenvalue weighted by atomic mass is 10.1. The van der Waals surface area contributed by atoms with Crippen molar-refractivity contribution in [3.63, 3.8) is 0 Å². The molecule has 1 aromatic rings. The highest BCUT2D eigenvalue weighted by molar-refractivity contribution is 5.63. The lowest BCUT2D eigenvalue weighted by Crippen LogP contribution is -2.27. The third-order valence-electron chi connectivity index (χ3n) is 3.37. The Kier molecular flexibility index (Phi) is 4.09. The average molecular weight is 244 g/mol. The first kappa shape index (κ1) is 12.8. The lowest BCUT2D eigenvalue weighted by molar-refractivity contribution is 0.414. The number of anilines is 1. The molecule has 0 saturated heterocycles. The highest BCUT2D eigenvalue weighted by Gasteiger charge is 2.30. The molecule has 0 radical (unpaired) electrons. The van der Waals surface area contributed by atoms with Crippen molar-refractivity contribution in [2.75, 3.05) is 18.6 Å². The molecule has 0 unspecified atom stereocenters. The molecule has 1 fully saturated rings. The molecule has 3 heteroatoms. The first-order valence-electron chi connectivity index (χ1n) is 6.65. The molecule has 0 atom stereocenters. The van der Waals surface area contributed by atoms with E-state index in [1.165, 1.54) is 25.7 Å². The summed E-state index contributed by atoms with van der Waals surface area (Å²) < 4.78 is 5.27. The standard InChI is InChI=1S/C15H20N2O/c1-3-4-9-17(13-6-7-13)15-10-14(18-2)8-5-12(15)11-16/h5,8,10,13H,3-4,6-7,9H2,1-2H3. The van der Waals surface area contributed by atoms with Crippen LogP contribution in [0.3, 0.4) is 0 Å². The van der Waals surface area contributed by atoms with Crippen LogP contribution in [0.25, 0.3) is 0 Å². The fourth-order valence-electron chi connectivity index (χ4n) is 2.18. The topological polar surface area (TPSA) is 36.3 Å². The number of benzene rings is 1. The van der Waals surface area contributed by atoms with Crippen LogP contribution in [0.5, 0.6) is 5.75 Å². The minimum Gasteiger partial charge on any atom is -0.497 e. The van der Waals surface area contributed by atoms with Gasteiger partial charge in [-0.2, -0.15) is 5.26 Å². The minimum atomic E-state index is 0.621. The van der Waals surface area contributed by atoms with Gasteiger partial charge in [0.15, 0.2) is 0 Å². The van der Waals surface area contributed by atoms with E-state index in [0.717, 1.165) is 23.5 Å². The zero-order valence-electron chi connectivity index (χ0n) is 11.1. The minimum absolute atomic E-state index is 0.621. The molecular formula is C15H20N2O. The predicted octanol–water partition coefficient (Wildman–Crippen LogP) is 3.34. The second-order valence-corrected chi connectivity index (χ2v) is 4.77. The molecule has 0 spiro atoms. The molecule has 3 nitrogen and oxygen atoms in total. The Morgan fingerprint density at radius 2 is 2.22 bits per heavy atom. The maximum Gasteiger partial charge on any atom is 0.121 e. The van der Waals surface area contributed by atoms with Crippen LogP contribution < -0.4 is 9.64 Å². The third-order valence-corrected chi connectivity index (χ3v) is 3.37. The second kappa shape index (κ2) is 5.77. The van der Waals surface area contributed by atoms with Gasteiger partial charge in [0.05, 0.1) is 18.4 Å². The van der Waals surface area contributed by atoms with E-state index in [1.54, 1.807) is 7.11 Å². The van der Waals surface area contributed by atoms with Crippen molar-refractivity contribution in [3.05, 3.63) is 23.8 Å². The van der Waals surface area contributed by atoms with Gasteiger partial charge in [-0.3, -0.25) is 0 Å². The van der Waals surface area contributed by atoms with Crippen molar-refractivity contribution in [2.24, 2.45) is 0 Å². The number of nitrogens with zero attached hydrogens (tertiary/aromatic N) is 2. The molecule has 0 aliphatic heterocycles. The van der Waals surface area contributed by atoms with Crippen LogP contribution in [-0.2, 0) is 0 Å². The van der Waals surface area contributed by atoms with E-state index < -0.39 is 0 Å². The molecule has 0 N–H and O–H groups in total. The summed E-state index contributed by atoms with van der Waals surface area (Å²) in [6.07, 6.45) is 4.82. The maximum atomic E-state index is 9.24. The first-order chi connectivity index (χ1) is 8.80. The fourth-order valence-corrected chi connectivity index (χ4v) is 2.18. The highest BCUT2D eigenvalue weighted by Crippen LogP contribution is 2.35. The van der Waals surface area contributed by atoms with E-state index in [9.17, 15) is 5.26 Å². The number of hydrogen-bond donors (Lipinski definition) is 0. The SMILES string of the molecule is CCCCN(c1cc(OC)ccc1C#N)C1CC1. The van der Waals surface area contributed by atoms with E-state index in [2.05, 4.69) is 17.9 Å². The van der Waals surface area contributed by atoms with Crippen molar-refractivity contribution < 1.29 is 4.74 Å². The molecule has 1 aromatic carbocycles. The molecule has 96 valence electrons. The van der Waals surface area contributed by atoms with Gasteiger partial charge in [0.1, 0.15) is 11.8 Å². The Hall–Kier alpha value is -1.69. The molecule has 18 heavy (non-hydrogen) atoms. The lowest BCUT2D eigenvalue weighted by Gasteiger charge is -2.26. The summed E-state index contributed by atoms with van der Waals surface area (Å²) in [4.78, 5) is 2.38. The van der Waals surface area contributed by atoms with Gasteiger partial charge in [0, 0.05) is 18.7 Å². The van der Waals surface area contributed by atoms with Crippen LogP contribution in [-0.4, -0.2) is 19.7 Å². The average Bonchev–Trinajstić information content (AvgIpc) is 3.23. The van der Waals surface area contributed by atoms with Crippen molar-refractivity contribution >= 4 is 5.69 Å².